The van der Waals surface area contributed by atoms with Crippen LogP contribution in [0, 0.1) is 11.3 Å². The number of benzene rings is 1. The molecule has 0 spiro atoms. The smallest absolute Gasteiger partial charge is 0.330 e. The van der Waals surface area contributed by atoms with Crippen molar-refractivity contribution in [3.8, 4) is 6.07 Å². The van der Waals surface area contributed by atoms with E-state index in [1.54, 1.807) is 17.7 Å². The Hall–Kier alpha value is -1.98. The third-order valence-electron chi connectivity index (χ3n) is 3.55. The van der Waals surface area contributed by atoms with Gasteiger partial charge >= 0.3 is 5.97 Å². The van der Waals surface area contributed by atoms with E-state index in [0.29, 0.717) is 5.06 Å². The molecule has 2 rings (SSSR count). The Labute approximate surface area is 154 Å². The summed E-state index contributed by atoms with van der Waals surface area (Å²) >= 11 is 0. The average molecular weight is 378 g/mol. The fraction of sp³-hybridized carbons (Fsp3) is 0.412. The first-order chi connectivity index (χ1) is 11.9. The molecule has 8 heteroatoms. The normalized spacial score (nSPS) is 16.4. The molecule has 1 unspecified atom stereocenters. The van der Waals surface area contributed by atoms with Crippen LogP contribution in [0.1, 0.15) is 38.2 Å². The fourth-order valence-electron chi connectivity index (χ4n) is 2.06. The number of nitriles is 1. The topological polar surface area (TPSA) is 87.5 Å². The van der Waals surface area contributed by atoms with Gasteiger partial charge in [-0.1, -0.05) is 51.9 Å². The second-order valence-electron chi connectivity index (χ2n) is 5.72. The molecule has 1 fully saturated rings. The van der Waals surface area contributed by atoms with Crippen LogP contribution < -0.4 is 0 Å². The number of rotatable bonds is 8. The molecule has 132 valence electrons. The van der Waals surface area contributed by atoms with Gasteiger partial charge in [0.1, 0.15) is 4.75 Å². The highest BCUT2D eigenvalue weighted by Crippen LogP contribution is 2.40. The molecule has 25 heavy (non-hydrogen) atoms. The summed E-state index contributed by atoms with van der Waals surface area (Å²) in [5, 5.41) is 9.94. The Kier molecular flexibility index (Phi) is 6.91. The average Bonchev–Trinajstić information content (AvgIpc) is 2.93. The summed E-state index contributed by atoms with van der Waals surface area (Å²) in [6.45, 7) is 1.76. The molecule has 0 aromatic heterocycles. The van der Waals surface area contributed by atoms with Crippen LogP contribution in [0.15, 0.2) is 30.3 Å². The SMILES string of the molecule is CC(C#N)(CCC(=O)ON1C(=O)CCC1=O)SSCc1ccccc1. The molecule has 0 N–H and O–H groups in total. The van der Waals surface area contributed by atoms with Gasteiger partial charge in [0, 0.05) is 18.6 Å². The van der Waals surface area contributed by atoms with Crippen LogP contribution >= 0.6 is 21.6 Å². The minimum atomic E-state index is -0.766. The monoisotopic (exact) mass is 378 g/mol. The molecule has 1 aliphatic rings. The molecule has 2 amide bonds. The van der Waals surface area contributed by atoms with E-state index in [2.05, 4.69) is 6.07 Å². The second kappa shape index (κ2) is 8.92. The quantitative estimate of drug-likeness (QED) is 0.507. The van der Waals surface area contributed by atoms with Crippen molar-refractivity contribution in [2.45, 2.75) is 43.1 Å². The molecule has 0 saturated carbocycles. The first-order valence-electron chi connectivity index (χ1n) is 7.76. The Morgan fingerprint density at radius 2 is 1.92 bits per heavy atom. The largest absolute Gasteiger partial charge is 0.333 e. The first kappa shape index (κ1) is 19.3. The zero-order valence-electron chi connectivity index (χ0n) is 13.8. The van der Waals surface area contributed by atoms with Crippen molar-refractivity contribution in [1.29, 1.82) is 5.26 Å². The van der Waals surface area contributed by atoms with Crippen molar-refractivity contribution in [2.75, 3.05) is 0 Å². The molecular weight excluding hydrogens is 360 g/mol. The van der Waals surface area contributed by atoms with Gasteiger partial charge in [-0.3, -0.25) is 9.59 Å². The lowest BCUT2D eigenvalue weighted by atomic mass is 10.1. The number of hydrogen-bond acceptors (Lipinski definition) is 7. The molecule has 1 saturated heterocycles. The number of carbonyl (C=O) groups is 3. The third-order valence-corrected chi connectivity index (χ3v) is 6.60. The lowest BCUT2D eigenvalue weighted by Gasteiger charge is -2.20. The summed E-state index contributed by atoms with van der Waals surface area (Å²) < 4.78 is -0.766. The molecule has 1 heterocycles. The fourth-order valence-corrected chi connectivity index (χ4v) is 4.66. The standard InChI is InChI=1S/C17H18N2O4S2/c1-17(12-18,25-24-11-13-5-3-2-4-6-13)10-9-16(22)23-19-14(20)7-8-15(19)21/h2-6H,7-11H2,1H3. The zero-order chi connectivity index (χ0) is 18.3. The zero-order valence-corrected chi connectivity index (χ0v) is 15.4. The maximum absolute atomic E-state index is 11.9. The van der Waals surface area contributed by atoms with Crippen LogP contribution in [0.25, 0.3) is 0 Å². The Morgan fingerprint density at radius 1 is 1.28 bits per heavy atom. The summed E-state index contributed by atoms with van der Waals surface area (Å²) in [5.41, 5.74) is 1.16. The van der Waals surface area contributed by atoms with Gasteiger partial charge in [-0.2, -0.15) is 5.26 Å². The summed E-state index contributed by atoms with van der Waals surface area (Å²) in [4.78, 5) is 39.5. The minimum absolute atomic E-state index is 0.0416. The highest BCUT2D eigenvalue weighted by Gasteiger charge is 2.34. The lowest BCUT2D eigenvalue weighted by molar-refractivity contribution is -0.197. The van der Waals surface area contributed by atoms with Crippen LogP contribution in [0.3, 0.4) is 0 Å². The van der Waals surface area contributed by atoms with Crippen molar-refractivity contribution < 1.29 is 19.2 Å². The van der Waals surface area contributed by atoms with Crippen LogP contribution in [0.4, 0.5) is 0 Å². The molecular formula is C17H18N2O4S2. The Morgan fingerprint density at radius 3 is 2.52 bits per heavy atom. The number of carbonyl (C=O) groups excluding carboxylic acids is 3. The third kappa shape index (κ3) is 5.80. The van der Waals surface area contributed by atoms with E-state index >= 15 is 0 Å². The number of amides is 2. The van der Waals surface area contributed by atoms with E-state index in [9.17, 15) is 19.6 Å². The van der Waals surface area contributed by atoms with E-state index in [-0.39, 0.29) is 25.7 Å². The number of imide groups is 1. The van der Waals surface area contributed by atoms with Gasteiger partial charge in [0.05, 0.1) is 12.5 Å². The van der Waals surface area contributed by atoms with Crippen molar-refractivity contribution in [2.24, 2.45) is 0 Å². The predicted octanol–water partition coefficient (Wildman–Crippen LogP) is 3.24. The van der Waals surface area contributed by atoms with Crippen molar-refractivity contribution in [3.63, 3.8) is 0 Å². The van der Waals surface area contributed by atoms with Crippen LogP contribution in [0.5, 0.6) is 0 Å². The molecule has 1 aliphatic heterocycles. The maximum Gasteiger partial charge on any atom is 0.333 e. The van der Waals surface area contributed by atoms with Crippen LogP contribution in [-0.4, -0.2) is 27.6 Å². The van der Waals surface area contributed by atoms with Crippen LogP contribution in [0.2, 0.25) is 0 Å². The van der Waals surface area contributed by atoms with Crippen molar-refractivity contribution >= 4 is 39.4 Å². The summed E-state index contributed by atoms with van der Waals surface area (Å²) in [5.74, 6) is -0.939. The number of hydroxylamine groups is 2. The molecule has 0 bridgehead atoms. The molecule has 0 radical (unpaired) electrons. The van der Waals surface area contributed by atoms with E-state index in [4.69, 9.17) is 4.84 Å². The Balaban J connectivity index is 1.77. The van der Waals surface area contributed by atoms with Crippen LogP contribution in [-0.2, 0) is 25.0 Å². The Bertz CT molecular complexity index is 674. The van der Waals surface area contributed by atoms with E-state index < -0.39 is 22.5 Å². The van der Waals surface area contributed by atoms with Gasteiger partial charge in [0.2, 0.25) is 0 Å². The summed E-state index contributed by atoms with van der Waals surface area (Å²) in [6.07, 6.45) is 0.354. The predicted molar refractivity (Wildman–Crippen MR) is 95.8 cm³/mol. The molecule has 0 aliphatic carbocycles. The minimum Gasteiger partial charge on any atom is -0.330 e. The second-order valence-corrected chi connectivity index (χ2v) is 8.52. The van der Waals surface area contributed by atoms with E-state index in [0.717, 1.165) is 11.3 Å². The van der Waals surface area contributed by atoms with Gasteiger partial charge < -0.3 is 4.84 Å². The van der Waals surface area contributed by atoms with Gasteiger partial charge in [-0.05, 0) is 18.9 Å². The van der Waals surface area contributed by atoms with E-state index in [1.807, 2.05) is 30.3 Å². The van der Waals surface area contributed by atoms with Gasteiger partial charge in [-0.15, -0.1) is 5.06 Å². The van der Waals surface area contributed by atoms with Gasteiger partial charge in [0.25, 0.3) is 11.8 Å². The molecule has 1 atom stereocenters. The number of hydrogen-bond donors (Lipinski definition) is 0. The summed E-state index contributed by atoms with van der Waals surface area (Å²) in [7, 11) is 2.95. The van der Waals surface area contributed by atoms with Crippen molar-refractivity contribution in [3.05, 3.63) is 35.9 Å². The highest BCUT2D eigenvalue weighted by molar-refractivity contribution is 8.76. The molecule has 6 nitrogen and oxygen atoms in total. The maximum atomic E-state index is 11.9. The summed E-state index contributed by atoms with van der Waals surface area (Å²) in [6, 6.07) is 12.1. The van der Waals surface area contributed by atoms with Gasteiger partial charge in [-0.25, -0.2) is 4.79 Å². The first-order valence-corrected chi connectivity index (χ1v) is 10.1. The lowest BCUT2D eigenvalue weighted by Crippen LogP contribution is -2.32. The molecule has 1 aromatic carbocycles. The number of nitrogens with zero attached hydrogens (tertiary/aromatic N) is 2. The highest BCUT2D eigenvalue weighted by atomic mass is 33.1. The van der Waals surface area contributed by atoms with Gasteiger partial charge in [0.15, 0.2) is 0 Å². The van der Waals surface area contributed by atoms with Crippen molar-refractivity contribution in [1.82, 2.24) is 5.06 Å². The molecule has 1 aromatic rings. The van der Waals surface area contributed by atoms with E-state index in [1.165, 1.54) is 10.8 Å².